The van der Waals surface area contributed by atoms with Crippen LogP contribution in [0.15, 0.2) is 0 Å². The Kier molecular flexibility index (Phi) is 4.88. The van der Waals surface area contributed by atoms with E-state index in [1.54, 1.807) is 0 Å². The van der Waals surface area contributed by atoms with E-state index in [2.05, 4.69) is 0 Å². The monoisotopic (exact) mass is 319 g/mol. The molecule has 1 saturated carbocycles. The van der Waals surface area contributed by atoms with E-state index < -0.39 is 39.0 Å². The predicted molar refractivity (Wildman–Crippen MR) is 74.0 cm³/mol. The molecular formula is C13H21NO6S. The molecule has 1 heterocycles. The highest BCUT2D eigenvalue weighted by Crippen LogP contribution is 2.35. The largest absolute Gasteiger partial charge is 0.481 e. The van der Waals surface area contributed by atoms with Crippen LogP contribution in [0.25, 0.3) is 0 Å². The zero-order valence-corrected chi connectivity index (χ0v) is 12.8. The van der Waals surface area contributed by atoms with Gasteiger partial charge in [0.15, 0.2) is 0 Å². The number of methoxy groups -OCH3 is 1. The van der Waals surface area contributed by atoms with Crippen LogP contribution >= 0.6 is 0 Å². The Morgan fingerprint density at radius 1 is 1.19 bits per heavy atom. The molecule has 3 atom stereocenters. The average molecular weight is 319 g/mol. The third-order valence-corrected chi connectivity index (χ3v) is 6.81. The number of nitrogens with zero attached hydrogens (tertiary/aromatic N) is 1. The third-order valence-electron chi connectivity index (χ3n) is 4.43. The van der Waals surface area contributed by atoms with Gasteiger partial charge in [0, 0.05) is 13.1 Å². The highest BCUT2D eigenvalue weighted by atomic mass is 32.2. The third kappa shape index (κ3) is 3.21. The Labute approximate surface area is 124 Å². The van der Waals surface area contributed by atoms with Gasteiger partial charge in [0.25, 0.3) is 0 Å². The summed E-state index contributed by atoms with van der Waals surface area (Å²) in [5.41, 5.74) is 0. The minimum absolute atomic E-state index is 0.00204. The molecule has 0 spiro atoms. The summed E-state index contributed by atoms with van der Waals surface area (Å²) in [6.45, 7) is 0.332. The summed E-state index contributed by atoms with van der Waals surface area (Å²) in [6, 6.07) is 0. The molecule has 2 fully saturated rings. The molecule has 2 rings (SSSR count). The molecule has 21 heavy (non-hydrogen) atoms. The molecule has 1 aliphatic heterocycles. The van der Waals surface area contributed by atoms with E-state index in [0.29, 0.717) is 38.6 Å². The number of esters is 1. The summed E-state index contributed by atoms with van der Waals surface area (Å²) < 4.78 is 31.4. The van der Waals surface area contributed by atoms with E-state index in [1.807, 2.05) is 0 Å². The zero-order valence-electron chi connectivity index (χ0n) is 12.0. The Hall–Kier alpha value is -1.15. The number of carbonyl (C=O) groups excluding carboxylic acids is 1. The van der Waals surface area contributed by atoms with Crippen molar-refractivity contribution in [2.24, 2.45) is 11.8 Å². The molecule has 0 aromatic carbocycles. The van der Waals surface area contributed by atoms with Gasteiger partial charge < -0.3 is 9.84 Å². The van der Waals surface area contributed by atoms with Crippen molar-refractivity contribution in [3.8, 4) is 0 Å². The number of carbonyl (C=O) groups is 2. The standard InChI is InChI=1S/C13H21NO6S/c1-20-13(17)10-5-2-6-11(10)21(18,19)14-7-3-4-9(8-14)12(15)16/h9-11H,2-8H2,1H3,(H,15,16). The molecule has 1 saturated heterocycles. The minimum atomic E-state index is -3.66. The Morgan fingerprint density at radius 3 is 2.52 bits per heavy atom. The van der Waals surface area contributed by atoms with Crippen molar-refractivity contribution in [3.63, 3.8) is 0 Å². The molecule has 1 N–H and O–H groups in total. The van der Waals surface area contributed by atoms with E-state index in [0.717, 1.165) is 0 Å². The fourth-order valence-electron chi connectivity index (χ4n) is 3.27. The smallest absolute Gasteiger partial charge is 0.310 e. The van der Waals surface area contributed by atoms with Crippen LogP contribution < -0.4 is 0 Å². The van der Waals surface area contributed by atoms with E-state index in [9.17, 15) is 18.0 Å². The lowest BCUT2D eigenvalue weighted by Crippen LogP contribution is -2.48. The summed E-state index contributed by atoms with van der Waals surface area (Å²) in [6.07, 6.45) is 2.63. The fraction of sp³-hybridized carbons (Fsp3) is 0.846. The van der Waals surface area contributed by atoms with Gasteiger partial charge in [-0.3, -0.25) is 9.59 Å². The SMILES string of the molecule is COC(=O)C1CCCC1S(=O)(=O)N1CCCC(C(=O)O)C1. The van der Waals surface area contributed by atoms with Crippen LogP contribution in [0.3, 0.4) is 0 Å². The number of hydrogen-bond acceptors (Lipinski definition) is 5. The van der Waals surface area contributed by atoms with Crippen molar-refractivity contribution >= 4 is 22.0 Å². The number of carboxylic acids is 1. The van der Waals surface area contributed by atoms with Crippen LogP contribution in [0.4, 0.5) is 0 Å². The quantitative estimate of drug-likeness (QED) is 0.755. The van der Waals surface area contributed by atoms with Crippen molar-refractivity contribution in [2.45, 2.75) is 37.4 Å². The van der Waals surface area contributed by atoms with Crippen LogP contribution in [-0.2, 0) is 24.3 Å². The van der Waals surface area contributed by atoms with Crippen LogP contribution in [-0.4, -0.2) is 55.2 Å². The van der Waals surface area contributed by atoms with Gasteiger partial charge in [0.2, 0.25) is 10.0 Å². The normalized spacial score (nSPS) is 31.0. The lowest BCUT2D eigenvalue weighted by Gasteiger charge is -2.33. The van der Waals surface area contributed by atoms with Crippen LogP contribution in [0.1, 0.15) is 32.1 Å². The maximum Gasteiger partial charge on any atom is 0.310 e. The first-order valence-electron chi connectivity index (χ1n) is 7.17. The minimum Gasteiger partial charge on any atom is -0.481 e. The molecule has 1 aliphatic carbocycles. The number of piperidine rings is 1. The lowest BCUT2D eigenvalue weighted by molar-refractivity contribution is -0.145. The number of carboxylic acid groups (broad SMARTS) is 1. The Bertz CT molecular complexity index is 517. The van der Waals surface area contributed by atoms with E-state index in [4.69, 9.17) is 9.84 Å². The molecule has 2 aliphatic rings. The second kappa shape index (κ2) is 6.31. The highest BCUT2D eigenvalue weighted by Gasteiger charge is 2.46. The zero-order chi connectivity index (χ0) is 15.6. The lowest BCUT2D eigenvalue weighted by atomic mass is 10.0. The van der Waals surface area contributed by atoms with Crippen molar-refractivity contribution < 1.29 is 27.9 Å². The van der Waals surface area contributed by atoms with E-state index in [-0.39, 0.29) is 6.54 Å². The van der Waals surface area contributed by atoms with Crippen molar-refractivity contribution in [2.75, 3.05) is 20.2 Å². The molecule has 3 unspecified atom stereocenters. The van der Waals surface area contributed by atoms with Crippen molar-refractivity contribution in [1.82, 2.24) is 4.31 Å². The highest BCUT2D eigenvalue weighted by molar-refractivity contribution is 7.89. The molecule has 0 aromatic rings. The second-order valence-electron chi connectivity index (χ2n) is 5.68. The van der Waals surface area contributed by atoms with Crippen molar-refractivity contribution in [3.05, 3.63) is 0 Å². The molecule has 0 amide bonds. The average Bonchev–Trinajstić information content (AvgIpc) is 2.96. The molecule has 8 heteroatoms. The first-order chi connectivity index (χ1) is 9.87. The fourth-order valence-corrected chi connectivity index (χ4v) is 5.55. The van der Waals surface area contributed by atoms with Gasteiger partial charge in [0.05, 0.1) is 24.2 Å². The van der Waals surface area contributed by atoms with Gasteiger partial charge in [-0.25, -0.2) is 12.7 Å². The molecule has 0 bridgehead atoms. The summed E-state index contributed by atoms with van der Waals surface area (Å²) in [5, 5.41) is 8.29. The number of sulfonamides is 1. The molecule has 0 aromatic heterocycles. The van der Waals surface area contributed by atoms with Gasteiger partial charge in [-0.05, 0) is 25.7 Å². The Balaban J connectivity index is 2.17. The molecule has 7 nitrogen and oxygen atoms in total. The topological polar surface area (TPSA) is 101 Å². The second-order valence-corrected chi connectivity index (χ2v) is 7.83. The van der Waals surface area contributed by atoms with Gasteiger partial charge in [-0.1, -0.05) is 6.42 Å². The number of hydrogen-bond donors (Lipinski definition) is 1. The summed E-state index contributed by atoms with van der Waals surface area (Å²) in [5.74, 6) is -2.75. The van der Waals surface area contributed by atoms with Crippen LogP contribution in [0, 0.1) is 11.8 Å². The van der Waals surface area contributed by atoms with E-state index in [1.165, 1.54) is 11.4 Å². The number of rotatable bonds is 4. The first kappa shape index (κ1) is 16.2. The van der Waals surface area contributed by atoms with Crippen LogP contribution in [0.2, 0.25) is 0 Å². The summed E-state index contributed by atoms with van der Waals surface area (Å²) in [4.78, 5) is 22.8. The van der Waals surface area contributed by atoms with Crippen LogP contribution in [0.5, 0.6) is 0 Å². The summed E-state index contributed by atoms with van der Waals surface area (Å²) in [7, 11) is -2.41. The van der Waals surface area contributed by atoms with Gasteiger partial charge in [-0.15, -0.1) is 0 Å². The van der Waals surface area contributed by atoms with Gasteiger partial charge in [0.1, 0.15) is 0 Å². The number of aliphatic carboxylic acids is 1. The van der Waals surface area contributed by atoms with E-state index >= 15 is 0 Å². The first-order valence-corrected chi connectivity index (χ1v) is 8.68. The Morgan fingerprint density at radius 2 is 1.90 bits per heavy atom. The predicted octanol–water partition coefficient (Wildman–Crippen LogP) is 0.454. The maximum atomic E-state index is 12.7. The molecule has 120 valence electrons. The number of ether oxygens (including phenoxy) is 1. The maximum absolute atomic E-state index is 12.7. The summed E-state index contributed by atoms with van der Waals surface area (Å²) >= 11 is 0. The van der Waals surface area contributed by atoms with Gasteiger partial charge in [-0.2, -0.15) is 0 Å². The van der Waals surface area contributed by atoms with Gasteiger partial charge >= 0.3 is 11.9 Å². The molecule has 0 radical (unpaired) electrons. The molecular weight excluding hydrogens is 298 g/mol. The van der Waals surface area contributed by atoms with Crippen molar-refractivity contribution in [1.29, 1.82) is 0 Å².